The zero-order chi connectivity index (χ0) is 24.7. The van der Waals surface area contributed by atoms with Gasteiger partial charge in [0.1, 0.15) is 24.9 Å². The van der Waals surface area contributed by atoms with E-state index < -0.39 is 37.5 Å². The van der Waals surface area contributed by atoms with Crippen LogP contribution in [0.1, 0.15) is 20.3 Å². The van der Waals surface area contributed by atoms with Crippen molar-refractivity contribution in [2.24, 2.45) is 4.99 Å². The van der Waals surface area contributed by atoms with E-state index in [2.05, 4.69) is 4.99 Å². The molecule has 3 aliphatic rings. The summed E-state index contributed by atoms with van der Waals surface area (Å²) in [6.07, 6.45) is -0.760. The largest absolute Gasteiger partial charge is 0.862 e. The summed E-state index contributed by atoms with van der Waals surface area (Å²) in [4.78, 5) is 18.6. The van der Waals surface area contributed by atoms with E-state index in [4.69, 9.17) is 13.8 Å². The molecule has 34 heavy (non-hydrogen) atoms. The van der Waals surface area contributed by atoms with Crippen molar-refractivity contribution in [3.8, 4) is 0 Å². The molecule has 3 saturated heterocycles. The van der Waals surface area contributed by atoms with Gasteiger partial charge in [0.15, 0.2) is 11.6 Å². The van der Waals surface area contributed by atoms with Crippen LogP contribution in [-0.2, 0) is 18.3 Å². The molecule has 13 heteroatoms. The van der Waals surface area contributed by atoms with E-state index in [0.717, 1.165) is 17.0 Å². The smallest absolute Gasteiger partial charge is 0.531 e. The average Bonchev–Trinajstić information content (AvgIpc) is 3.14. The number of amides is 1. The van der Waals surface area contributed by atoms with Crippen molar-refractivity contribution in [3.05, 3.63) is 23.8 Å². The van der Waals surface area contributed by atoms with Crippen molar-refractivity contribution in [1.29, 1.82) is 0 Å². The number of nitrogens with zero attached hydrogens (tertiary/aromatic N) is 4. The SMILES string of the molecule is CC([O-])=NCC1CN(c2cc(F)c(N3CC[N+](C)(P4(=O)OCCCO4)CC3C)c(F)c2)C(=O)O1. The Balaban J connectivity index is 1.51. The van der Waals surface area contributed by atoms with E-state index in [1.807, 2.05) is 0 Å². The molecule has 3 heterocycles. The van der Waals surface area contributed by atoms with E-state index in [-0.39, 0.29) is 41.3 Å². The quantitative estimate of drug-likeness (QED) is 0.346. The molecule has 3 unspecified atom stereocenters. The summed E-state index contributed by atoms with van der Waals surface area (Å²) in [5, 5.41) is 11.0. The first-order valence-electron chi connectivity index (χ1n) is 11.2. The van der Waals surface area contributed by atoms with Gasteiger partial charge in [0.05, 0.1) is 51.6 Å². The van der Waals surface area contributed by atoms with Crippen LogP contribution < -0.4 is 14.9 Å². The number of rotatable bonds is 5. The number of halogens is 2. The van der Waals surface area contributed by atoms with Crippen LogP contribution in [0.2, 0.25) is 0 Å². The summed E-state index contributed by atoms with van der Waals surface area (Å²) in [6.45, 7) is 4.70. The first kappa shape index (κ1) is 24.8. The van der Waals surface area contributed by atoms with Crippen molar-refractivity contribution < 1.29 is 41.3 Å². The van der Waals surface area contributed by atoms with E-state index in [9.17, 15) is 14.5 Å². The number of hydrogen-bond acceptors (Lipinski definition) is 8. The van der Waals surface area contributed by atoms with Crippen LogP contribution in [0.4, 0.5) is 25.0 Å². The molecular weight excluding hydrogens is 473 g/mol. The molecule has 0 radical (unpaired) electrons. The van der Waals surface area contributed by atoms with Gasteiger partial charge in [0.2, 0.25) is 0 Å². The Bertz CT molecular complexity index is 1010. The molecule has 4 rings (SSSR count). The van der Waals surface area contributed by atoms with Gasteiger partial charge in [-0.15, -0.1) is 0 Å². The molecule has 0 N–H and O–H groups in total. The number of aliphatic imine (C=N–C) groups is 1. The lowest BCUT2D eigenvalue weighted by molar-refractivity contribution is -0.807. The van der Waals surface area contributed by atoms with Crippen molar-refractivity contribution in [1.82, 2.24) is 0 Å². The van der Waals surface area contributed by atoms with Gasteiger partial charge < -0.3 is 19.7 Å². The summed E-state index contributed by atoms with van der Waals surface area (Å²) in [5.74, 6) is -2.04. The molecule has 0 aliphatic carbocycles. The number of carbonyl (C=O) groups is 1. The van der Waals surface area contributed by atoms with Crippen molar-refractivity contribution >= 4 is 31.1 Å². The molecule has 1 amide bonds. The Labute approximate surface area is 196 Å². The standard InChI is InChI=1S/C21H29F2N4O6P/c1-14-13-27(3,34(30)31-7-4-8-32-34)6-5-25(14)20-18(22)9-16(10-19(20)23)26-12-17(33-21(26)29)11-24-15(2)28/h9-10,14,17H,4-8,11-13H2,1-3H3. The number of benzene rings is 1. The number of hydrogen-bond donors (Lipinski definition) is 0. The van der Waals surface area contributed by atoms with Crippen LogP contribution >= 0.6 is 7.75 Å². The van der Waals surface area contributed by atoms with Crippen LogP contribution in [0.25, 0.3) is 0 Å². The average molecular weight is 502 g/mol. The van der Waals surface area contributed by atoms with Crippen molar-refractivity contribution in [2.45, 2.75) is 32.4 Å². The van der Waals surface area contributed by atoms with Gasteiger partial charge in [-0.25, -0.2) is 22.4 Å². The van der Waals surface area contributed by atoms with Crippen molar-refractivity contribution in [2.75, 3.05) is 62.8 Å². The Morgan fingerprint density at radius 1 is 1.29 bits per heavy atom. The highest BCUT2D eigenvalue weighted by Gasteiger charge is 2.53. The Kier molecular flexibility index (Phi) is 6.87. The molecule has 0 bridgehead atoms. The van der Waals surface area contributed by atoms with E-state index in [1.54, 1.807) is 18.9 Å². The van der Waals surface area contributed by atoms with Gasteiger partial charge >= 0.3 is 13.8 Å². The van der Waals surface area contributed by atoms with Crippen LogP contribution in [-0.4, -0.2) is 81.4 Å². The lowest BCUT2D eigenvalue weighted by atomic mass is 10.1. The van der Waals surface area contributed by atoms with Crippen LogP contribution in [0.15, 0.2) is 17.1 Å². The van der Waals surface area contributed by atoms with E-state index >= 15 is 8.78 Å². The minimum atomic E-state index is -3.39. The fourth-order valence-corrected chi connectivity index (χ4v) is 6.75. The molecule has 0 aromatic heterocycles. The minimum Gasteiger partial charge on any atom is -0.862 e. The van der Waals surface area contributed by atoms with Gasteiger partial charge in [0.25, 0.3) is 0 Å². The molecule has 10 nitrogen and oxygen atoms in total. The van der Waals surface area contributed by atoms with Crippen LogP contribution in [0, 0.1) is 11.6 Å². The summed E-state index contributed by atoms with van der Waals surface area (Å²) < 4.78 is 59.9. The number of cyclic esters (lactones) is 1. The van der Waals surface area contributed by atoms with Gasteiger partial charge in [0, 0.05) is 12.1 Å². The third-order valence-corrected chi connectivity index (χ3v) is 8.96. The zero-order valence-electron chi connectivity index (χ0n) is 19.4. The second kappa shape index (κ2) is 9.41. The highest BCUT2D eigenvalue weighted by atomic mass is 31.2. The number of carbonyl (C=O) groups excluding carboxylic acids is 1. The van der Waals surface area contributed by atoms with E-state index in [0.29, 0.717) is 32.7 Å². The molecule has 3 fully saturated rings. The molecule has 3 atom stereocenters. The van der Waals surface area contributed by atoms with Crippen LogP contribution in [0.5, 0.6) is 0 Å². The fourth-order valence-electron chi connectivity index (χ4n) is 4.63. The van der Waals surface area contributed by atoms with Crippen molar-refractivity contribution in [3.63, 3.8) is 0 Å². The maximum atomic E-state index is 15.2. The molecule has 0 spiro atoms. The Morgan fingerprint density at radius 2 is 1.94 bits per heavy atom. The summed E-state index contributed by atoms with van der Waals surface area (Å²) >= 11 is 0. The molecule has 188 valence electrons. The number of likely N-dealkylation sites (N-methyl/N-ethyl adjacent to an activating group) is 1. The maximum Gasteiger partial charge on any atom is 0.531 e. The second-order valence-electron chi connectivity index (χ2n) is 9.01. The topological polar surface area (TPSA) is 104 Å². The monoisotopic (exact) mass is 502 g/mol. The molecule has 1 aromatic carbocycles. The molecular formula is C21H29F2N4O6P. The Morgan fingerprint density at radius 3 is 2.53 bits per heavy atom. The van der Waals surface area contributed by atoms with Gasteiger partial charge in [-0.1, -0.05) is 0 Å². The third kappa shape index (κ3) is 4.64. The zero-order valence-corrected chi connectivity index (χ0v) is 20.3. The number of quaternary nitrogens is 1. The summed E-state index contributed by atoms with van der Waals surface area (Å²) in [6, 6.07) is 1.83. The number of ether oxygens (including phenoxy) is 1. The predicted molar refractivity (Wildman–Crippen MR) is 119 cm³/mol. The lowest BCUT2D eigenvalue weighted by Crippen LogP contribution is -2.60. The highest BCUT2D eigenvalue weighted by Crippen LogP contribution is 2.59. The maximum absolute atomic E-state index is 15.2. The Hall–Kier alpha value is -2.27. The molecule has 3 aliphatic heterocycles. The van der Waals surface area contributed by atoms with Gasteiger partial charge in [-0.3, -0.25) is 13.9 Å². The third-order valence-electron chi connectivity index (χ3n) is 6.39. The van der Waals surface area contributed by atoms with Crippen LogP contribution in [0.3, 0.4) is 0 Å². The normalized spacial score (nSPS) is 29.9. The van der Waals surface area contributed by atoms with E-state index in [1.165, 1.54) is 6.92 Å². The van der Waals surface area contributed by atoms with Gasteiger partial charge in [-0.2, -0.15) is 0 Å². The summed E-state index contributed by atoms with van der Waals surface area (Å²) in [5.41, 5.74) is -0.185. The lowest BCUT2D eigenvalue weighted by Gasteiger charge is -2.48. The molecule has 0 saturated carbocycles. The predicted octanol–water partition coefficient (Wildman–Crippen LogP) is 2.27. The number of anilines is 2. The minimum absolute atomic E-state index is 0.0137. The molecule has 1 aromatic rings. The second-order valence-corrected chi connectivity index (χ2v) is 11.4. The van der Waals surface area contributed by atoms with Gasteiger partial charge in [-0.05, 0) is 26.2 Å². The number of piperazine rings is 1. The fraction of sp³-hybridized carbons (Fsp3) is 0.619. The first-order valence-corrected chi connectivity index (χ1v) is 12.7. The summed E-state index contributed by atoms with van der Waals surface area (Å²) in [7, 11) is -1.61. The first-order chi connectivity index (χ1) is 16.0. The highest BCUT2D eigenvalue weighted by molar-refractivity contribution is 7.47.